The van der Waals surface area contributed by atoms with E-state index in [1.54, 1.807) is 0 Å². The van der Waals surface area contributed by atoms with Crippen LogP contribution in [0.2, 0.25) is 0 Å². The summed E-state index contributed by atoms with van der Waals surface area (Å²) < 4.78 is 0. The molecule has 1 aliphatic heterocycles. The van der Waals surface area contributed by atoms with Crippen LogP contribution in [0.4, 0.5) is 0 Å². The van der Waals surface area contributed by atoms with Crippen molar-refractivity contribution in [3.63, 3.8) is 0 Å². The summed E-state index contributed by atoms with van der Waals surface area (Å²) in [5.41, 5.74) is 2.44. The minimum Gasteiger partial charge on any atom is -0.298 e. The van der Waals surface area contributed by atoms with E-state index < -0.39 is 0 Å². The molecule has 1 fully saturated rings. The number of benzene rings is 1. The van der Waals surface area contributed by atoms with E-state index in [4.69, 9.17) is 0 Å². The van der Waals surface area contributed by atoms with Crippen LogP contribution >= 0.6 is 11.8 Å². The lowest BCUT2D eigenvalue weighted by molar-refractivity contribution is 0.561. The smallest absolute Gasteiger partial charge is 0.0792 e. The predicted octanol–water partition coefficient (Wildman–Crippen LogP) is 3.35. The topological polar surface area (TPSA) is 24.9 Å². The fourth-order valence-electron chi connectivity index (χ4n) is 2.21. The van der Waals surface area contributed by atoms with Crippen molar-refractivity contribution < 1.29 is 0 Å². The first-order valence-corrected chi connectivity index (χ1v) is 7.14. The molecule has 0 saturated carbocycles. The van der Waals surface area contributed by atoms with Crippen molar-refractivity contribution in [1.82, 2.24) is 10.3 Å². The molecule has 0 amide bonds. The van der Waals surface area contributed by atoms with Gasteiger partial charge in [-0.1, -0.05) is 19.1 Å². The fourth-order valence-corrected chi connectivity index (χ4v) is 3.59. The molecule has 0 radical (unpaired) electrons. The lowest BCUT2D eigenvalue weighted by Crippen LogP contribution is -2.24. The molecule has 88 valence electrons. The largest absolute Gasteiger partial charge is 0.298 e. The van der Waals surface area contributed by atoms with E-state index in [2.05, 4.69) is 41.5 Å². The van der Waals surface area contributed by atoms with E-state index >= 15 is 0 Å². The Morgan fingerprint density at radius 2 is 2.35 bits per heavy atom. The number of hydrogen-bond acceptors (Lipinski definition) is 3. The summed E-state index contributed by atoms with van der Waals surface area (Å²) in [5, 5.41) is 5.34. The zero-order valence-electron chi connectivity index (χ0n) is 9.89. The monoisotopic (exact) mass is 244 g/mol. The SMILES string of the molecule is CCC1CSC(c2ccc3ncccc3c2)N1. The van der Waals surface area contributed by atoms with Gasteiger partial charge in [0.2, 0.25) is 0 Å². The molecule has 2 unspecified atom stereocenters. The molecule has 17 heavy (non-hydrogen) atoms. The highest BCUT2D eigenvalue weighted by atomic mass is 32.2. The normalized spacial score (nSPS) is 24.3. The number of pyridine rings is 1. The average Bonchev–Trinajstić information content (AvgIpc) is 2.87. The van der Waals surface area contributed by atoms with Crippen LogP contribution < -0.4 is 5.32 Å². The maximum absolute atomic E-state index is 4.35. The quantitative estimate of drug-likeness (QED) is 0.877. The van der Waals surface area contributed by atoms with Crippen LogP contribution in [0.25, 0.3) is 10.9 Å². The van der Waals surface area contributed by atoms with Crippen LogP contribution in [-0.2, 0) is 0 Å². The highest BCUT2D eigenvalue weighted by molar-refractivity contribution is 7.99. The highest BCUT2D eigenvalue weighted by Crippen LogP contribution is 2.34. The molecule has 0 aliphatic carbocycles. The number of rotatable bonds is 2. The fraction of sp³-hybridized carbons (Fsp3) is 0.357. The Labute approximate surface area is 106 Å². The first-order chi connectivity index (χ1) is 8.36. The second-order valence-corrected chi connectivity index (χ2v) is 5.58. The second-order valence-electron chi connectivity index (χ2n) is 4.44. The number of hydrogen-bond donors (Lipinski definition) is 1. The molecule has 0 spiro atoms. The van der Waals surface area contributed by atoms with Crippen molar-refractivity contribution in [2.75, 3.05) is 5.75 Å². The van der Waals surface area contributed by atoms with Gasteiger partial charge in [0.25, 0.3) is 0 Å². The van der Waals surface area contributed by atoms with Gasteiger partial charge in [0.1, 0.15) is 0 Å². The maximum atomic E-state index is 4.35. The third kappa shape index (κ3) is 2.17. The van der Waals surface area contributed by atoms with Gasteiger partial charge >= 0.3 is 0 Å². The Morgan fingerprint density at radius 1 is 1.41 bits per heavy atom. The molecule has 2 atom stereocenters. The number of nitrogens with zero attached hydrogens (tertiary/aromatic N) is 1. The first-order valence-electron chi connectivity index (χ1n) is 6.09. The summed E-state index contributed by atoms with van der Waals surface area (Å²) in [4.78, 5) is 4.35. The van der Waals surface area contributed by atoms with Gasteiger partial charge in [-0.15, -0.1) is 11.8 Å². The van der Waals surface area contributed by atoms with Gasteiger partial charge in [-0.2, -0.15) is 0 Å². The number of nitrogens with one attached hydrogen (secondary N) is 1. The summed E-state index contributed by atoms with van der Waals surface area (Å²) in [5.74, 6) is 1.21. The molecule has 1 N–H and O–H groups in total. The third-order valence-corrected chi connectivity index (χ3v) is 4.61. The van der Waals surface area contributed by atoms with Crippen LogP contribution in [-0.4, -0.2) is 16.8 Å². The Kier molecular flexibility index (Phi) is 3.04. The van der Waals surface area contributed by atoms with Crippen molar-refractivity contribution in [3.8, 4) is 0 Å². The summed E-state index contributed by atoms with van der Waals surface area (Å²) in [6.07, 6.45) is 3.05. The molecular weight excluding hydrogens is 228 g/mol. The molecule has 1 aliphatic rings. The molecule has 2 heterocycles. The first kappa shape index (κ1) is 11.1. The molecule has 3 rings (SSSR count). The maximum Gasteiger partial charge on any atom is 0.0792 e. The van der Waals surface area contributed by atoms with Gasteiger partial charge in [-0.25, -0.2) is 0 Å². The summed E-state index contributed by atoms with van der Waals surface area (Å²) in [7, 11) is 0. The van der Waals surface area contributed by atoms with Gasteiger partial charge in [-0.3, -0.25) is 10.3 Å². The van der Waals surface area contributed by atoms with Crippen LogP contribution in [0.1, 0.15) is 24.3 Å². The summed E-state index contributed by atoms with van der Waals surface area (Å²) in [6, 6.07) is 11.4. The minimum absolute atomic E-state index is 0.449. The third-order valence-electron chi connectivity index (χ3n) is 3.27. The Morgan fingerprint density at radius 3 is 3.18 bits per heavy atom. The Bertz CT molecular complexity index is 526. The van der Waals surface area contributed by atoms with Gasteiger partial charge in [0.05, 0.1) is 10.9 Å². The standard InChI is InChI=1S/C14H16N2S/c1-2-12-9-17-14(16-12)11-5-6-13-10(8-11)4-3-7-15-13/h3-8,12,14,16H,2,9H2,1H3. The number of fused-ring (bicyclic) bond motifs is 1. The number of aromatic nitrogens is 1. The molecule has 2 nitrogen and oxygen atoms in total. The average molecular weight is 244 g/mol. The molecule has 2 aromatic rings. The second kappa shape index (κ2) is 4.67. The van der Waals surface area contributed by atoms with Gasteiger partial charge in [0, 0.05) is 23.4 Å². The molecule has 3 heteroatoms. The molecule has 1 aromatic carbocycles. The van der Waals surface area contributed by atoms with Crippen molar-refractivity contribution in [3.05, 3.63) is 42.1 Å². The zero-order valence-corrected chi connectivity index (χ0v) is 10.7. The van der Waals surface area contributed by atoms with Crippen molar-refractivity contribution >= 4 is 22.7 Å². The molecule has 0 bridgehead atoms. The van der Waals surface area contributed by atoms with E-state index in [9.17, 15) is 0 Å². The minimum atomic E-state index is 0.449. The van der Waals surface area contributed by atoms with E-state index in [1.807, 2.05) is 24.0 Å². The zero-order chi connectivity index (χ0) is 11.7. The predicted molar refractivity (Wildman–Crippen MR) is 74.2 cm³/mol. The lowest BCUT2D eigenvalue weighted by atomic mass is 10.1. The van der Waals surface area contributed by atoms with Crippen LogP contribution in [0, 0.1) is 0 Å². The van der Waals surface area contributed by atoms with Crippen molar-refractivity contribution in [2.24, 2.45) is 0 Å². The Hall–Kier alpha value is -1.06. The van der Waals surface area contributed by atoms with Crippen molar-refractivity contribution in [1.29, 1.82) is 0 Å². The van der Waals surface area contributed by atoms with Crippen LogP contribution in [0.3, 0.4) is 0 Å². The number of thioether (sulfide) groups is 1. The van der Waals surface area contributed by atoms with Gasteiger partial charge in [-0.05, 0) is 30.2 Å². The summed E-state index contributed by atoms with van der Waals surface area (Å²) in [6.45, 7) is 2.24. The highest BCUT2D eigenvalue weighted by Gasteiger charge is 2.24. The van der Waals surface area contributed by atoms with E-state index in [-0.39, 0.29) is 0 Å². The van der Waals surface area contributed by atoms with Gasteiger partial charge in [0.15, 0.2) is 0 Å². The lowest BCUT2D eigenvalue weighted by Gasteiger charge is -2.12. The molecule has 1 aromatic heterocycles. The van der Waals surface area contributed by atoms with E-state index in [1.165, 1.54) is 23.1 Å². The molecule has 1 saturated heterocycles. The van der Waals surface area contributed by atoms with Crippen molar-refractivity contribution in [2.45, 2.75) is 24.8 Å². The van der Waals surface area contributed by atoms with E-state index in [0.717, 1.165) is 5.52 Å². The van der Waals surface area contributed by atoms with E-state index in [0.29, 0.717) is 11.4 Å². The van der Waals surface area contributed by atoms with Gasteiger partial charge < -0.3 is 0 Å². The van der Waals surface area contributed by atoms with Crippen LogP contribution in [0.15, 0.2) is 36.5 Å². The summed E-state index contributed by atoms with van der Waals surface area (Å²) >= 11 is 2.01. The van der Waals surface area contributed by atoms with Crippen LogP contribution in [0.5, 0.6) is 0 Å². The molecular formula is C14H16N2S. The Balaban J connectivity index is 1.91.